The van der Waals surface area contributed by atoms with E-state index in [1.165, 1.54) is 36.4 Å². The van der Waals surface area contributed by atoms with Crippen LogP contribution in [0.25, 0.3) is 0 Å². The van der Waals surface area contributed by atoms with E-state index in [0.717, 1.165) is 24.1 Å². The summed E-state index contributed by atoms with van der Waals surface area (Å²) in [6.07, 6.45) is 1.52. The Morgan fingerprint density at radius 2 is 1.12 bits per heavy atom. The summed E-state index contributed by atoms with van der Waals surface area (Å²) in [5.41, 5.74) is 3.15. The van der Waals surface area contributed by atoms with Gasteiger partial charge in [0.25, 0.3) is 11.4 Å². The highest BCUT2D eigenvalue weighted by Crippen LogP contribution is 2.23. The van der Waals surface area contributed by atoms with E-state index in [0.29, 0.717) is 35.9 Å². The van der Waals surface area contributed by atoms with Crippen LogP contribution in [0.5, 0.6) is 0 Å². The van der Waals surface area contributed by atoms with Crippen molar-refractivity contribution in [2.45, 2.75) is 52.6 Å². The second-order valence-corrected chi connectivity index (χ2v) is 12.2. The number of alkyl halides is 2. The number of carbonyl (C=O) groups excluding carboxylic acids is 1. The van der Waals surface area contributed by atoms with Gasteiger partial charge in [-0.1, -0.05) is 99.8 Å². The van der Waals surface area contributed by atoms with E-state index in [4.69, 9.17) is 28.3 Å². The normalized spacial score (nSPS) is 10.9. The maximum absolute atomic E-state index is 12.8. The molecule has 0 spiro atoms. The van der Waals surface area contributed by atoms with Gasteiger partial charge in [-0.2, -0.15) is 0 Å². The highest BCUT2D eigenvalue weighted by Gasteiger charge is 2.24. The fraction of sp³-hybridized carbons (Fsp3) is 0.350. The Labute approximate surface area is 345 Å². The number of aliphatic hydroxyl groups is 2. The molecule has 0 unspecified atom stereocenters. The van der Waals surface area contributed by atoms with Gasteiger partial charge in [-0.15, -0.1) is 35.6 Å². The second-order valence-electron chi connectivity index (χ2n) is 11.5. The van der Waals surface area contributed by atoms with Gasteiger partial charge >= 0.3 is 5.97 Å². The van der Waals surface area contributed by atoms with Crippen LogP contribution in [-0.2, 0) is 22.4 Å². The molecule has 4 aromatic carbocycles. The number of nitro groups is 2. The summed E-state index contributed by atoms with van der Waals surface area (Å²) < 4.78 is 0. The molecule has 0 aliphatic carbocycles. The van der Waals surface area contributed by atoms with Crippen molar-refractivity contribution in [3.05, 3.63) is 152 Å². The van der Waals surface area contributed by atoms with E-state index in [9.17, 15) is 40.0 Å². The lowest BCUT2D eigenvalue weighted by Crippen LogP contribution is -2.38. The topological polar surface area (TPSA) is 196 Å². The Kier molecular flexibility index (Phi) is 29.2. The van der Waals surface area contributed by atoms with Crippen LogP contribution in [0, 0.1) is 20.2 Å². The first-order valence-corrected chi connectivity index (χ1v) is 17.8. The van der Waals surface area contributed by atoms with Gasteiger partial charge in [-0.3, -0.25) is 29.8 Å². The molecule has 16 heteroatoms. The van der Waals surface area contributed by atoms with Gasteiger partial charge in [0.1, 0.15) is 0 Å². The summed E-state index contributed by atoms with van der Waals surface area (Å²) in [7, 11) is 0. The van der Waals surface area contributed by atoms with E-state index in [-0.39, 0.29) is 76.6 Å². The predicted molar refractivity (Wildman–Crippen MR) is 225 cm³/mol. The van der Waals surface area contributed by atoms with Crippen molar-refractivity contribution in [3.63, 3.8) is 0 Å². The first-order chi connectivity index (χ1) is 25.5. The number of non-ortho nitro benzene ring substituents is 2. The fourth-order valence-corrected chi connectivity index (χ4v) is 5.23. The van der Waals surface area contributed by atoms with Crippen LogP contribution in [0.3, 0.4) is 0 Å². The Morgan fingerprint density at radius 3 is 1.52 bits per heavy atom. The lowest BCUT2D eigenvalue weighted by atomic mass is 10.0. The number of hydrogen-bond donors (Lipinski definition) is 4. The quantitative estimate of drug-likeness (QED) is 0.0328. The minimum absolute atomic E-state index is 0. The number of aliphatic hydroxyl groups excluding tert-OH is 2. The zero-order valence-electron chi connectivity index (χ0n) is 29.4. The minimum Gasteiger partial charge on any atom is -0.481 e. The van der Waals surface area contributed by atoms with Crippen LogP contribution >= 0.6 is 35.6 Å². The van der Waals surface area contributed by atoms with Gasteiger partial charge < -0.3 is 25.5 Å². The van der Waals surface area contributed by atoms with Crippen LogP contribution in [0.2, 0.25) is 0 Å². The highest BCUT2D eigenvalue weighted by atomic mass is 35.5. The molecule has 0 saturated heterocycles. The van der Waals surface area contributed by atoms with Gasteiger partial charge in [-0.05, 0) is 41.6 Å². The average molecular weight is 840 g/mol. The second kappa shape index (κ2) is 30.6. The molecule has 13 nitrogen and oxygen atoms in total. The summed E-state index contributed by atoms with van der Waals surface area (Å²) in [6.45, 7) is 1.18. The third-order valence-corrected chi connectivity index (χ3v) is 8.21. The Morgan fingerprint density at radius 1 is 0.679 bits per heavy atom. The SMILES string of the molecule is C.C.Cl.O=C(Cc1ccc([N+](=O)[O-])cc1)N(CCCCl)[C@@H](CO)c1ccccc1.O=C(O)Cc1ccc([N+](=O)[O-])cc1.OC[C@H](NCCCCl)c1ccccc1. The maximum Gasteiger partial charge on any atom is 0.307 e. The first-order valence-electron chi connectivity index (χ1n) is 16.7. The van der Waals surface area contributed by atoms with Crippen molar-refractivity contribution in [1.29, 1.82) is 0 Å². The number of nitrogens with zero attached hydrogens (tertiary/aromatic N) is 3. The van der Waals surface area contributed by atoms with Crippen LogP contribution < -0.4 is 5.32 Å². The molecular weight excluding hydrogens is 787 g/mol. The van der Waals surface area contributed by atoms with E-state index in [2.05, 4.69) is 5.32 Å². The molecule has 0 aromatic heterocycles. The minimum atomic E-state index is -0.950. The molecular formula is C40H53Cl3N4O9. The largest absolute Gasteiger partial charge is 0.481 e. The van der Waals surface area contributed by atoms with Gasteiger partial charge in [0.05, 0.1) is 48.0 Å². The van der Waals surface area contributed by atoms with Gasteiger partial charge in [0.2, 0.25) is 5.91 Å². The average Bonchev–Trinajstić information content (AvgIpc) is 3.16. The van der Waals surface area contributed by atoms with Gasteiger partial charge in [0, 0.05) is 42.6 Å². The number of aliphatic carboxylic acids is 1. The molecule has 4 rings (SSSR count). The standard InChI is InChI=1S/C19H21ClN2O4.C11H16ClNO.C8H7NO4.2CH4.ClH/c20-11-4-12-21(18(14-23)16-5-2-1-3-6-16)19(24)13-15-7-9-17(10-8-15)22(25)26;12-7-4-8-13-11(9-14)10-5-2-1-3-6-10;10-8(11)5-6-1-3-7(4-2-6)9(12)13;;;/h1-3,5-10,18,23H,4,11-14H2;1-3,5-6,11,13-14H,4,7-9H2;1-4H,5H2,(H,10,11);2*1H4;1H/t18-;11-;;;;/m00..../s1. The molecule has 0 bridgehead atoms. The van der Waals surface area contributed by atoms with Crippen LogP contribution in [0.4, 0.5) is 11.4 Å². The van der Waals surface area contributed by atoms with Crippen LogP contribution in [0.1, 0.15) is 62.0 Å². The molecule has 2 atom stereocenters. The van der Waals surface area contributed by atoms with E-state index in [1.54, 1.807) is 17.0 Å². The number of amides is 1. The molecule has 308 valence electrons. The number of carboxylic acid groups (broad SMARTS) is 1. The van der Waals surface area contributed by atoms with E-state index < -0.39 is 21.9 Å². The zero-order chi connectivity index (χ0) is 39.0. The number of nitro benzene ring substituents is 2. The number of carboxylic acids is 1. The summed E-state index contributed by atoms with van der Waals surface area (Å²) >= 11 is 11.4. The zero-order valence-corrected chi connectivity index (χ0v) is 31.7. The Hall–Kier alpha value is -4.63. The predicted octanol–water partition coefficient (Wildman–Crippen LogP) is 8.18. The van der Waals surface area contributed by atoms with Gasteiger partial charge in [0.15, 0.2) is 0 Å². The highest BCUT2D eigenvalue weighted by molar-refractivity contribution is 6.18. The van der Waals surface area contributed by atoms with Crippen molar-refractivity contribution in [2.24, 2.45) is 0 Å². The number of nitrogens with one attached hydrogen (secondary N) is 1. The number of halogens is 3. The van der Waals surface area contributed by atoms with Crippen molar-refractivity contribution >= 4 is 58.9 Å². The third-order valence-electron chi connectivity index (χ3n) is 7.68. The smallest absolute Gasteiger partial charge is 0.307 e. The summed E-state index contributed by atoms with van der Waals surface area (Å²) in [5.74, 6) is -0.0468. The lowest BCUT2D eigenvalue weighted by molar-refractivity contribution is -0.385. The Balaban J connectivity index is 0. The molecule has 0 saturated carbocycles. The third kappa shape index (κ3) is 19.8. The molecule has 4 aromatic rings. The molecule has 0 heterocycles. The number of benzene rings is 4. The summed E-state index contributed by atoms with van der Waals surface area (Å²) in [4.78, 5) is 44.7. The molecule has 56 heavy (non-hydrogen) atoms. The molecule has 4 N–H and O–H groups in total. The fourth-order valence-electron chi connectivity index (χ4n) is 4.98. The molecule has 0 radical (unpaired) electrons. The number of carbonyl (C=O) groups is 2. The molecule has 0 fully saturated rings. The number of hydrogen-bond acceptors (Lipinski definition) is 9. The Bertz CT molecular complexity index is 1670. The van der Waals surface area contributed by atoms with Crippen molar-refractivity contribution < 1.29 is 34.8 Å². The van der Waals surface area contributed by atoms with Gasteiger partial charge in [-0.25, -0.2) is 0 Å². The molecule has 1 amide bonds. The maximum atomic E-state index is 12.8. The van der Waals surface area contributed by atoms with Crippen molar-refractivity contribution in [3.8, 4) is 0 Å². The van der Waals surface area contributed by atoms with Crippen LogP contribution in [-0.4, -0.2) is 80.0 Å². The lowest BCUT2D eigenvalue weighted by Gasteiger charge is -2.31. The van der Waals surface area contributed by atoms with E-state index in [1.807, 2.05) is 60.7 Å². The van der Waals surface area contributed by atoms with E-state index >= 15 is 0 Å². The summed E-state index contributed by atoms with van der Waals surface area (Å²) in [5, 5.41) is 51.7. The van der Waals surface area contributed by atoms with Crippen molar-refractivity contribution in [1.82, 2.24) is 10.2 Å². The monoisotopic (exact) mass is 838 g/mol. The molecule has 0 aliphatic rings. The van der Waals surface area contributed by atoms with Crippen molar-refractivity contribution in [2.75, 3.05) is 38.1 Å². The first kappa shape index (κ1) is 53.5. The molecule has 0 aliphatic heterocycles. The number of rotatable bonds is 18. The van der Waals surface area contributed by atoms with Crippen LogP contribution in [0.15, 0.2) is 109 Å². The summed E-state index contributed by atoms with van der Waals surface area (Å²) in [6, 6.07) is 30.2.